The van der Waals surface area contributed by atoms with Crippen LogP contribution in [0.25, 0.3) is 10.9 Å². The molecule has 0 radical (unpaired) electrons. The van der Waals surface area contributed by atoms with Gasteiger partial charge >= 0.3 is 5.97 Å². The summed E-state index contributed by atoms with van der Waals surface area (Å²) < 4.78 is 20.0. The molecule has 7 nitrogen and oxygen atoms in total. The molecule has 0 aliphatic heterocycles. The summed E-state index contributed by atoms with van der Waals surface area (Å²) in [6, 6.07) is 7.84. The van der Waals surface area contributed by atoms with Gasteiger partial charge in [-0.1, -0.05) is 11.6 Å². The van der Waals surface area contributed by atoms with Gasteiger partial charge in [-0.05, 0) is 55.8 Å². The Morgan fingerprint density at radius 3 is 2.47 bits per heavy atom. The lowest BCUT2D eigenvalue weighted by molar-refractivity contribution is -0.137. The number of amides is 1. The number of ether oxygens (including phenoxy) is 1. The van der Waals surface area contributed by atoms with Gasteiger partial charge in [0.05, 0.1) is 30.5 Å². The van der Waals surface area contributed by atoms with E-state index in [0.29, 0.717) is 27.9 Å². The molecule has 32 heavy (non-hydrogen) atoms. The lowest BCUT2D eigenvalue weighted by Gasteiger charge is -2.12. The van der Waals surface area contributed by atoms with E-state index in [-0.39, 0.29) is 29.3 Å². The number of carbonyl (C=O) groups is 3. The van der Waals surface area contributed by atoms with Gasteiger partial charge in [0.15, 0.2) is 0 Å². The van der Waals surface area contributed by atoms with Crippen LogP contribution in [0.3, 0.4) is 0 Å². The van der Waals surface area contributed by atoms with Gasteiger partial charge in [-0.2, -0.15) is 0 Å². The minimum Gasteiger partial charge on any atom is -0.495 e. The summed E-state index contributed by atoms with van der Waals surface area (Å²) in [4.78, 5) is 36.7. The van der Waals surface area contributed by atoms with Gasteiger partial charge in [0.1, 0.15) is 11.6 Å². The van der Waals surface area contributed by atoms with E-state index in [0.717, 1.165) is 0 Å². The number of aromatic nitrogens is 1. The molecule has 1 aromatic heterocycles. The number of carbonyl (C=O) groups excluding carboxylic acids is 2. The molecular weight excluding hydrogens is 439 g/mol. The maximum absolute atomic E-state index is 13.3. The van der Waals surface area contributed by atoms with Crippen molar-refractivity contribution >= 4 is 40.3 Å². The predicted molar refractivity (Wildman–Crippen MR) is 118 cm³/mol. The molecule has 0 bridgehead atoms. The van der Waals surface area contributed by atoms with Gasteiger partial charge in [0.2, 0.25) is 5.91 Å². The Kier molecular flexibility index (Phi) is 6.84. The van der Waals surface area contributed by atoms with Crippen LogP contribution < -0.4 is 10.1 Å². The Morgan fingerprint density at radius 1 is 1.22 bits per heavy atom. The Hall–Kier alpha value is -3.39. The molecule has 0 aliphatic rings. The molecule has 0 fully saturated rings. The number of rotatable bonds is 7. The first kappa shape index (κ1) is 23.3. The van der Waals surface area contributed by atoms with Gasteiger partial charge in [0.25, 0.3) is 5.91 Å². The van der Waals surface area contributed by atoms with Crippen LogP contribution >= 0.6 is 11.6 Å². The van der Waals surface area contributed by atoms with Crippen LogP contribution in [0.4, 0.5) is 4.39 Å². The second kappa shape index (κ2) is 9.40. The lowest BCUT2D eigenvalue weighted by atomic mass is 10.1. The van der Waals surface area contributed by atoms with Crippen molar-refractivity contribution in [2.24, 2.45) is 0 Å². The second-order valence-electron chi connectivity index (χ2n) is 7.46. The van der Waals surface area contributed by atoms with E-state index < -0.39 is 23.7 Å². The van der Waals surface area contributed by atoms with Crippen molar-refractivity contribution in [3.63, 3.8) is 0 Å². The largest absolute Gasteiger partial charge is 0.495 e. The molecule has 0 saturated heterocycles. The first-order chi connectivity index (χ1) is 15.1. The number of methoxy groups -OCH3 is 1. The minimum atomic E-state index is -1.02. The molecule has 9 heteroatoms. The fourth-order valence-corrected chi connectivity index (χ4v) is 3.88. The zero-order valence-electron chi connectivity index (χ0n) is 17.7. The van der Waals surface area contributed by atoms with Crippen molar-refractivity contribution in [3.8, 4) is 5.75 Å². The molecule has 1 atom stereocenters. The summed E-state index contributed by atoms with van der Waals surface area (Å²) in [7, 11) is 1.46. The summed E-state index contributed by atoms with van der Waals surface area (Å²) in [5.74, 6) is -1.89. The zero-order valence-corrected chi connectivity index (χ0v) is 18.5. The van der Waals surface area contributed by atoms with Crippen molar-refractivity contribution in [1.29, 1.82) is 0 Å². The predicted octanol–water partition coefficient (Wildman–Crippen LogP) is 3.96. The van der Waals surface area contributed by atoms with Gasteiger partial charge < -0.3 is 15.2 Å². The number of fused-ring (bicyclic) bond motifs is 1. The molecule has 0 spiro atoms. The number of nitrogens with zero attached hydrogens (tertiary/aromatic N) is 1. The zero-order chi connectivity index (χ0) is 23.6. The van der Waals surface area contributed by atoms with E-state index in [4.69, 9.17) is 21.4 Å². The Bertz CT molecular complexity index is 1200. The van der Waals surface area contributed by atoms with Gasteiger partial charge in [-0.25, -0.2) is 4.39 Å². The summed E-state index contributed by atoms with van der Waals surface area (Å²) in [5, 5.41) is 12.4. The van der Waals surface area contributed by atoms with Gasteiger partial charge in [0, 0.05) is 22.7 Å². The van der Waals surface area contributed by atoms with Crippen molar-refractivity contribution in [1.82, 2.24) is 9.88 Å². The highest BCUT2D eigenvalue weighted by Gasteiger charge is 2.23. The maximum Gasteiger partial charge on any atom is 0.305 e. The standard InChI is InChI=1S/C23H22ClFN2O5/c1-12(8-22(29)30)26-21(28)10-16-13(2)27(23(31)14-4-6-15(25)7-5-14)19-11-18(24)20(32-3)9-17(16)19/h4-7,9,11-12H,8,10H2,1-3H3,(H,26,28)(H,29,30). The van der Waals surface area contributed by atoms with Crippen LogP contribution in [0.5, 0.6) is 5.75 Å². The third-order valence-corrected chi connectivity index (χ3v) is 5.42. The van der Waals surface area contributed by atoms with Gasteiger partial charge in [-0.15, -0.1) is 0 Å². The SMILES string of the molecule is COc1cc2c(CC(=O)NC(C)CC(=O)O)c(C)n(C(=O)c3ccc(F)cc3)c2cc1Cl. The van der Waals surface area contributed by atoms with E-state index in [1.807, 2.05) is 0 Å². The van der Waals surface area contributed by atoms with E-state index in [2.05, 4.69) is 5.32 Å². The lowest BCUT2D eigenvalue weighted by Crippen LogP contribution is -2.35. The topological polar surface area (TPSA) is 97.6 Å². The molecule has 0 saturated carbocycles. The van der Waals surface area contributed by atoms with E-state index in [9.17, 15) is 18.8 Å². The number of carboxylic acid groups (broad SMARTS) is 1. The fourth-order valence-electron chi connectivity index (χ4n) is 3.64. The number of halogens is 2. The van der Waals surface area contributed by atoms with Crippen molar-refractivity contribution in [3.05, 3.63) is 64.1 Å². The first-order valence-electron chi connectivity index (χ1n) is 9.81. The number of aliphatic carboxylic acids is 1. The molecule has 2 aromatic carbocycles. The Balaban J connectivity index is 2.08. The van der Waals surface area contributed by atoms with Crippen LogP contribution in [-0.2, 0) is 16.0 Å². The molecule has 1 unspecified atom stereocenters. The van der Waals surface area contributed by atoms with Crippen molar-refractivity contribution in [2.45, 2.75) is 32.7 Å². The first-order valence-corrected chi connectivity index (χ1v) is 10.2. The molecule has 1 amide bonds. The molecule has 2 N–H and O–H groups in total. The average Bonchev–Trinajstić information content (AvgIpc) is 2.97. The van der Waals surface area contributed by atoms with E-state index in [1.54, 1.807) is 26.0 Å². The van der Waals surface area contributed by atoms with Crippen LogP contribution in [-0.4, -0.2) is 40.6 Å². The quantitative estimate of drug-likeness (QED) is 0.556. The maximum atomic E-state index is 13.3. The number of benzene rings is 2. The average molecular weight is 461 g/mol. The molecule has 1 heterocycles. The van der Waals surface area contributed by atoms with E-state index in [1.165, 1.54) is 35.9 Å². The highest BCUT2D eigenvalue weighted by Crippen LogP contribution is 2.35. The summed E-state index contributed by atoms with van der Waals surface area (Å²) in [6.45, 7) is 3.30. The smallest absolute Gasteiger partial charge is 0.305 e. The third kappa shape index (κ3) is 4.75. The Morgan fingerprint density at radius 2 is 1.88 bits per heavy atom. The van der Waals surface area contributed by atoms with Gasteiger partial charge in [-0.3, -0.25) is 19.0 Å². The van der Waals surface area contributed by atoms with Crippen LogP contribution in [0.2, 0.25) is 5.02 Å². The number of carboxylic acids is 1. The van der Waals surface area contributed by atoms with Crippen LogP contribution in [0, 0.1) is 12.7 Å². The van der Waals surface area contributed by atoms with Crippen LogP contribution in [0.1, 0.15) is 35.0 Å². The van der Waals surface area contributed by atoms with E-state index >= 15 is 0 Å². The highest BCUT2D eigenvalue weighted by molar-refractivity contribution is 6.33. The normalized spacial score (nSPS) is 11.9. The van der Waals surface area contributed by atoms with Crippen molar-refractivity contribution in [2.75, 3.05) is 7.11 Å². The number of hydrogen-bond acceptors (Lipinski definition) is 4. The second-order valence-corrected chi connectivity index (χ2v) is 7.87. The molecule has 168 valence electrons. The molecule has 3 rings (SSSR count). The Labute approximate surface area is 188 Å². The molecule has 3 aromatic rings. The third-order valence-electron chi connectivity index (χ3n) is 5.13. The highest BCUT2D eigenvalue weighted by atomic mass is 35.5. The molecule has 0 aliphatic carbocycles. The number of nitrogens with one attached hydrogen (secondary N) is 1. The fraction of sp³-hybridized carbons (Fsp3) is 0.261. The monoisotopic (exact) mass is 460 g/mol. The summed E-state index contributed by atoms with van der Waals surface area (Å²) in [6.07, 6.45) is -0.292. The van der Waals surface area contributed by atoms with Crippen molar-refractivity contribution < 1.29 is 28.6 Å². The minimum absolute atomic E-state index is 0.0826. The molecular formula is C23H22ClFN2O5. The summed E-state index contributed by atoms with van der Waals surface area (Å²) >= 11 is 6.30. The summed E-state index contributed by atoms with van der Waals surface area (Å²) in [5.41, 5.74) is 1.83. The number of hydrogen-bond donors (Lipinski definition) is 2. The van der Waals surface area contributed by atoms with Crippen LogP contribution in [0.15, 0.2) is 36.4 Å².